The average molecular weight is 240 g/mol. The molecule has 1 aliphatic heterocycles. The Hall–Kier alpha value is -0.0800. The third-order valence-corrected chi connectivity index (χ3v) is 5.00. The summed E-state index contributed by atoms with van der Waals surface area (Å²) in [5.41, 5.74) is -0.0352. The molecule has 2 rings (SSSR count). The highest BCUT2D eigenvalue weighted by Gasteiger charge is 2.42. The monoisotopic (exact) mass is 240 g/mol. The Kier molecular flexibility index (Phi) is 3.84. The van der Waals surface area contributed by atoms with Crippen LogP contribution in [0.3, 0.4) is 0 Å². The molecule has 0 bridgehead atoms. The van der Waals surface area contributed by atoms with Crippen molar-refractivity contribution in [2.45, 2.75) is 64.9 Å². The molecule has 1 heterocycles. The van der Waals surface area contributed by atoms with Gasteiger partial charge in [-0.1, -0.05) is 20.8 Å². The predicted octanol–water partition coefficient (Wildman–Crippen LogP) is 3.38. The maximum atomic E-state index is 10.8. The van der Waals surface area contributed by atoms with Gasteiger partial charge in [-0.05, 0) is 49.9 Å². The minimum absolute atomic E-state index is 0.386. The largest absolute Gasteiger partial charge is 0.390 e. The van der Waals surface area contributed by atoms with Crippen molar-refractivity contribution in [2.24, 2.45) is 17.3 Å². The highest BCUT2D eigenvalue weighted by Crippen LogP contribution is 2.45. The van der Waals surface area contributed by atoms with E-state index in [1.165, 1.54) is 12.8 Å². The second-order valence-electron chi connectivity index (χ2n) is 7.16. The maximum Gasteiger partial charge on any atom is 0.0698 e. The summed E-state index contributed by atoms with van der Waals surface area (Å²) in [4.78, 5) is 0. The first kappa shape index (κ1) is 13.4. The fourth-order valence-electron chi connectivity index (χ4n) is 3.56. The van der Waals surface area contributed by atoms with Crippen LogP contribution in [-0.4, -0.2) is 23.9 Å². The van der Waals surface area contributed by atoms with E-state index >= 15 is 0 Å². The van der Waals surface area contributed by atoms with Crippen molar-refractivity contribution in [3.05, 3.63) is 0 Å². The van der Waals surface area contributed by atoms with Gasteiger partial charge in [-0.15, -0.1) is 0 Å². The first-order valence-electron chi connectivity index (χ1n) is 7.22. The van der Waals surface area contributed by atoms with Gasteiger partial charge >= 0.3 is 0 Å². The van der Waals surface area contributed by atoms with Gasteiger partial charge in [0.2, 0.25) is 0 Å². The Bertz CT molecular complexity index is 240. The van der Waals surface area contributed by atoms with Gasteiger partial charge in [-0.25, -0.2) is 0 Å². The van der Waals surface area contributed by atoms with E-state index in [2.05, 4.69) is 20.8 Å². The van der Waals surface area contributed by atoms with Gasteiger partial charge in [0.1, 0.15) is 0 Å². The number of ether oxygens (including phenoxy) is 1. The quantitative estimate of drug-likeness (QED) is 0.761. The van der Waals surface area contributed by atoms with Gasteiger partial charge in [-0.3, -0.25) is 0 Å². The van der Waals surface area contributed by atoms with Crippen molar-refractivity contribution in [3.63, 3.8) is 0 Å². The molecular weight excluding hydrogens is 212 g/mol. The standard InChI is InChI=1S/C15H28O2/c1-14(2,3)12-6-8-15(16,9-7-12)13-5-4-10-17-11-13/h12-13,16H,4-11H2,1-3H3. The normalized spacial score (nSPS) is 40.2. The molecule has 0 aromatic carbocycles. The van der Waals surface area contributed by atoms with Gasteiger partial charge in [0.05, 0.1) is 12.2 Å². The van der Waals surface area contributed by atoms with E-state index in [0.29, 0.717) is 11.3 Å². The summed E-state index contributed by atoms with van der Waals surface area (Å²) in [6, 6.07) is 0. The zero-order valence-corrected chi connectivity index (χ0v) is 11.7. The molecule has 0 amide bonds. The van der Waals surface area contributed by atoms with Crippen molar-refractivity contribution in [2.75, 3.05) is 13.2 Å². The zero-order valence-electron chi connectivity index (χ0n) is 11.7. The molecule has 2 heteroatoms. The summed E-state index contributed by atoms with van der Waals surface area (Å²) in [7, 11) is 0. The van der Waals surface area contributed by atoms with Gasteiger partial charge in [0, 0.05) is 12.5 Å². The fraction of sp³-hybridized carbons (Fsp3) is 1.00. The summed E-state index contributed by atoms with van der Waals surface area (Å²) in [5.74, 6) is 1.16. The summed E-state index contributed by atoms with van der Waals surface area (Å²) >= 11 is 0. The topological polar surface area (TPSA) is 29.5 Å². The van der Waals surface area contributed by atoms with Crippen LogP contribution in [-0.2, 0) is 4.74 Å². The summed E-state index contributed by atoms with van der Waals surface area (Å²) in [6.07, 6.45) is 6.57. The Morgan fingerprint density at radius 1 is 1.12 bits per heavy atom. The molecule has 2 nitrogen and oxygen atoms in total. The van der Waals surface area contributed by atoms with Crippen LogP contribution in [0.4, 0.5) is 0 Å². The summed E-state index contributed by atoms with van der Waals surface area (Å²) in [6.45, 7) is 8.64. The SMILES string of the molecule is CC(C)(C)C1CCC(O)(C2CCCOC2)CC1. The van der Waals surface area contributed by atoms with Crippen LogP contribution < -0.4 is 0 Å². The molecule has 0 spiro atoms. The van der Waals surface area contributed by atoms with Crippen molar-refractivity contribution in [3.8, 4) is 0 Å². The minimum atomic E-state index is -0.428. The summed E-state index contributed by atoms with van der Waals surface area (Å²) in [5, 5.41) is 10.8. The van der Waals surface area contributed by atoms with Crippen LogP contribution in [0.15, 0.2) is 0 Å². The van der Waals surface area contributed by atoms with Crippen LogP contribution in [0.5, 0.6) is 0 Å². The van der Waals surface area contributed by atoms with Crippen molar-refractivity contribution in [1.29, 1.82) is 0 Å². The van der Waals surface area contributed by atoms with Gasteiger partial charge < -0.3 is 9.84 Å². The molecule has 1 saturated heterocycles. The Balaban J connectivity index is 1.92. The van der Waals surface area contributed by atoms with Crippen LogP contribution in [0.1, 0.15) is 59.3 Å². The first-order chi connectivity index (χ1) is 7.92. The highest BCUT2D eigenvalue weighted by molar-refractivity contribution is 4.94. The molecule has 2 aliphatic rings. The molecule has 1 N–H and O–H groups in total. The van der Waals surface area contributed by atoms with E-state index < -0.39 is 5.60 Å². The molecule has 1 unspecified atom stereocenters. The van der Waals surface area contributed by atoms with Crippen LogP contribution in [0.2, 0.25) is 0 Å². The van der Waals surface area contributed by atoms with Gasteiger partial charge in [-0.2, -0.15) is 0 Å². The minimum Gasteiger partial charge on any atom is -0.390 e. The van der Waals surface area contributed by atoms with E-state index in [1.54, 1.807) is 0 Å². The molecule has 100 valence electrons. The number of hydrogen-bond donors (Lipinski definition) is 1. The molecule has 0 aromatic rings. The van der Waals surface area contributed by atoms with Crippen molar-refractivity contribution >= 4 is 0 Å². The smallest absolute Gasteiger partial charge is 0.0698 e. The van der Waals surface area contributed by atoms with E-state index in [-0.39, 0.29) is 0 Å². The second kappa shape index (κ2) is 4.89. The first-order valence-corrected chi connectivity index (χ1v) is 7.22. The van der Waals surface area contributed by atoms with Gasteiger partial charge in [0.15, 0.2) is 0 Å². The lowest BCUT2D eigenvalue weighted by atomic mass is 9.65. The van der Waals surface area contributed by atoms with E-state index in [0.717, 1.165) is 44.8 Å². The van der Waals surface area contributed by atoms with Crippen molar-refractivity contribution < 1.29 is 9.84 Å². The Morgan fingerprint density at radius 3 is 2.24 bits per heavy atom. The number of rotatable bonds is 1. The predicted molar refractivity (Wildman–Crippen MR) is 69.9 cm³/mol. The molecule has 0 radical (unpaired) electrons. The Labute approximate surface area is 106 Å². The fourth-order valence-corrected chi connectivity index (χ4v) is 3.56. The van der Waals surface area contributed by atoms with E-state index in [1.807, 2.05) is 0 Å². The Morgan fingerprint density at radius 2 is 1.76 bits per heavy atom. The maximum absolute atomic E-state index is 10.8. The molecule has 1 aliphatic carbocycles. The molecule has 1 atom stereocenters. The average Bonchev–Trinajstić information content (AvgIpc) is 2.29. The highest BCUT2D eigenvalue weighted by atomic mass is 16.5. The third kappa shape index (κ3) is 3.03. The molecule has 0 aromatic heterocycles. The van der Waals surface area contributed by atoms with E-state index in [4.69, 9.17) is 4.74 Å². The molecule has 1 saturated carbocycles. The molecule has 17 heavy (non-hydrogen) atoms. The van der Waals surface area contributed by atoms with Gasteiger partial charge in [0.25, 0.3) is 0 Å². The van der Waals surface area contributed by atoms with Crippen LogP contribution in [0, 0.1) is 17.3 Å². The van der Waals surface area contributed by atoms with Crippen LogP contribution in [0.25, 0.3) is 0 Å². The molecule has 2 fully saturated rings. The second-order valence-corrected chi connectivity index (χ2v) is 7.16. The molecular formula is C15H28O2. The number of hydrogen-bond acceptors (Lipinski definition) is 2. The zero-order chi connectivity index (χ0) is 12.5. The lowest BCUT2D eigenvalue weighted by Gasteiger charge is -2.45. The van der Waals surface area contributed by atoms with Crippen LogP contribution >= 0.6 is 0 Å². The lowest BCUT2D eigenvalue weighted by Crippen LogP contribution is -2.46. The summed E-state index contributed by atoms with van der Waals surface area (Å²) < 4.78 is 5.53. The van der Waals surface area contributed by atoms with Crippen molar-refractivity contribution in [1.82, 2.24) is 0 Å². The third-order valence-electron chi connectivity index (χ3n) is 5.00. The van der Waals surface area contributed by atoms with E-state index in [9.17, 15) is 5.11 Å². The number of aliphatic hydroxyl groups is 1. The lowest BCUT2D eigenvalue weighted by molar-refractivity contribution is -0.110.